The first-order valence-corrected chi connectivity index (χ1v) is 11.7. The molecule has 36 heavy (non-hydrogen) atoms. The second-order valence-electron chi connectivity index (χ2n) is 8.16. The first kappa shape index (κ1) is 28.5. The van der Waals surface area contributed by atoms with E-state index in [1.165, 1.54) is 31.4 Å². The average molecular weight is 500 g/mol. The van der Waals surface area contributed by atoms with Gasteiger partial charge in [-0.3, -0.25) is 14.4 Å². The summed E-state index contributed by atoms with van der Waals surface area (Å²) in [5, 5.41) is 25.2. The Morgan fingerprint density at radius 1 is 0.889 bits per heavy atom. The summed E-state index contributed by atoms with van der Waals surface area (Å²) in [6.45, 7) is 5.19. The van der Waals surface area contributed by atoms with Crippen LogP contribution in [0.4, 0.5) is 5.69 Å². The highest BCUT2D eigenvalue weighted by Crippen LogP contribution is 2.15. The van der Waals surface area contributed by atoms with Gasteiger partial charge in [-0.1, -0.05) is 32.0 Å². The van der Waals surface area contributed by atoms with Crippen LogP contribution in [0.5, 0.6) is 0 Å². The number of benzene rings is 2. The zero-order chi connectivity index (χ0) is 26.7. The third-order valence-electron chi connectivity index (χ3n) is 5.33. The zero-order valence-corrected chi connectivity index (χ0v) is 20.7. The molecule has 194 valence electrons. The number of rotatable bonds is 12. The van der Waals surface area contributed by atoms with Gasteiger partial charge in [-0.05, 0) is 48.7 Å². The van der Waals surface area contributed by atoms with E-state index in [1.807, 2.05) is 13.8 Å². The van der Waals surface area contributed by atoms with Crippen LogP contribution in [0, 0.1) is 0 Å². The quantitative estimate of drug-likeness (QED) is 0.325. The minimum atomic E-state index is -2.04. The average Bonchev–Trinajstić information content (AvgIpc) is 2.90. The van der Waals surface area contributed by atoms with Crippen LogP contribution in [0.15, 0.2) is 48.5 Å². The number of carbonyl (C=O) groups excluding carboxylic acids is 4. The third kappa shape index (κ3) is 7.89. The van der Waals surface area contributed by atoms with Gasteiger partial charge in [0.1, 0.15) is 0 Å². The molecule has 10 nitrogen and oxygen atoms in total. The third-order valence-corrected chi connectivity index (χ3v) is 5.33. The molecule has 3 amide bonds. The number of aliphatic hydroxyl groups excluding tert-OH is 2. The predicted molar refractivity (Wildman–Crippen MR) is 133 cm³/mol. The molecule has 10 heteroatoms. The molecular formula is C26H33N3O7. The first-order chi connectivity index (χ1) is 17.2. The largest absolute Gasteiger partial charge is 0.465 e. The van der Waals surface area contributed by atoms with Crippen molar-refractivity contribution >= 4 is 29.4 Å². The van der Waals surface area contributed by atoms with Gasteiger partial charge in [0.25, 0.3) is 17.7 Å². The molecule has 2 unspecified atom stereocenters. The maximum atomic E-state index is 12.8. The number of ether oxygens (including phenoxy) is 1. The zero-order valence-electron chi connectivity index (χ0n) is 20.7. The van der Waals surface area contributed by atoms with E-state index in [-0.39, 0.29) is 18.1 Å². The van der Waals surface area contributed by atoms with Crippen molar-refractivity contribution in [2.24, 2.45) is 0 Å². The van der Waals surface area contributed by atoms with E-state index in [0.717, 1.165) is 12.8 Å². The van der Waals surface area contributed by atoms with Gasteiger partial charge in [-0.15, -0.1) is 0 Å². The number of amides is 3. The van der Waals surface area contributed by atoms with Gasteiger partial charge in [0.15, 0.2) is 12.2 Å². The van der Waals surface area contributed by atoms with Crippen LogP contribution in [0.25, 0.3) is 0 Å². The molecule has 0 saturated carbocycles. The van der Waals surface area contributed by atoms with Crippen molar-refractivity contribution in [1.82, 2.24) is 10.2 Å². The Morgan fingerprint density at radius 3 is 2.08 bits per heavy atom. The van der Waals surface area contributed by atoms with E-state index in [9.17, 15) is 29.4 Å². The number of methoxy groups -OCH3 is 1. The molecule has 0 aliphatic heterocycles. The number of carbonyl (C=O) groups is 4. The molecule has 0 aliphatic carbocycles. The summed E-state index contributed by atoms with van der Waals surface area (Å²) in [6, 6.07) is 12.5. The maximum absolute atomic E-state index is 12.8. The molecule has 0 spiro atoms. The van der Waals surface area contributed by atoms with Gasteiger partial charge >= 0.3 is 5.97 Å². The number of esters is 1. The number of nitrogens with one attached hydrogen (secondary N) is 2. The van der Waals surface area contributed by atoms with Gasteiger partial charge < -0.3 is 30.5 Å². The molecule has 0 fully saturated rings. The lowest BCUT2D eigenvalue weighted by Crippen LogP contribution is -2.47. The molecule has 2 aromatic rings. The number of hydrogen-bond acceptors (Lipinski definition) is 7. The lowest BCUT2D eigenvalue weighted by Gasteiger charge is -2.22. The summed E-state index contributed by atoms with van der Waals surface area (Å²) >= 11 is 0. The second-order valence-corrected chi connectivity index (χ2v) is 8.16. The summed E-state index contributed by atoms with van der Waals surface area (Å²) in [5.41, 5.74) is 1.59. The van der Waals surface area contributed by atoms with Crippen molar-refractivity contribution in [3.63, 3.8) is 0 Å². The predicted octanol–water partition coefficient (Wildman–Crippen LogP) is 1.71. The van der Waals surface area contributed by atoms with Crippen LogP contribution in [-0.2, 0) is 20.9 Å². The van der Waals surface area contributed by atoms with Crippen molar-refractivity contribution in [2.45, 2.75) is 45.4 Å². The number of hydrogen-bond donors (Lipinski definition) is 4. The molecule has 0 aromatic heterocycles. The van der Waals surface area contributed by atoms with Crippen LogP contribution in [0.2, 0.25) is 0 Å². The summed E-state index contributed by atoms with van der Waals surface area (Å²) in [6.07, 6.45) is -2.43. The lowest BCUT2D eigenvalue weighted by atomic mass is 10.1. The molecule has 2 aromatic carbocycles. The minimum Gasteiger partial charge on any atom is -0.465 e. The fraction of sp³-hybridized carbons (Fsp3) is 0.385. The summed E-state index contributed by atoms with van der Waals surface area (Å²) < 4.78 is 4.62. The second kappa shape index (κ2) is 14.0. The van der Waals surface area contributed by atoms with Gasteiger partial charge in [-0.25, -0.2) is 4.79 Å². The van der Waals surface area contributed by atoms with Gasteiger partial charge in [0.05, 0.1) is 12.7 Å². The fourth-order valence-corrected chi connectivity index (χ4v) is 3.44. The lowest BCUT2D eigenvalue weighted by molar-refractivity contribution is -0.143. The van der Waals surface area contributed by atoms with Crippen molar-refractivity contribution in [3.05, 3.63) is 65.2 Å². The van der Waals surface area contributed by atoms with Crippen LogP contribution in [-0.4, -0.2) is 71.2 Å². The maximum Gasteiger partial charge on any atom is 0.337 e. The Morgan fingerprint density at radius 2 is 1.50 bits per heavy atom. The van der Waals surface area contributed by atoms with Crippen LogP contribution < -0.4 is 10.6 Å². The molecule has 0 aliphatic rings. The van der Waals surface area contributed by atoms with Crippen molar-refractivity contribution in [1.29, 1.82) is 0 Å². The summed E-state index contributed by atoms with van der Waals surface area (Å²) in [4.78, 5) is 50.7. The SMILES string of the molecule is CCCN(CCC)C(=O)c1cccc(NC(=O)C(O)C(O)C(=O)NCc2ccc(C(=O)OC)cc2)c1. The Labute approximate surface area is 210 Å². The summed E-state index contributed by atoms with van der Waals surface area (Å²) in [5.74, 6) is -2.62. The Kier molecular flexibility index (Phi) is 11.0. The number of nitrogens with zero attached hydrogens (tertiary/aromatic N) is 1. The van der Waals surface area contributed by atoms with E-state index in [4.69, 9.17) is 0 Å². The normalized spacial score (nSPS) is 12.2. The van der Waals surface area contributed by atoms with Gasteiger partial charge in [-0.2, -0.15) is 0 Å². The monoisotopic (exact) mass is 499 g/mol. The highest BCUT2D eigenvalue weighted by atomic mass is 16.5. The molecule has 4 N–H and O–H groups in total. The van der Waals surface area contributed by atoms with Crippen LogP contribution in [0.3, 0.4) is 0 Å². The van der Waals surface area contributed by atoms with Crippen LogP contribution in [0.1, 0.15) is 53.0 Å². The number of anilines is 1. The van der Waals surface area contributed by atoms with Gasteiger partial charge in [0, 0.05) is 30.9 Å². The van der Waals surface area contributed by atoms with E-state index >= 15 is 0 Å². The topological polar surface area (TPSA) is 145 Å². The molecule has 0 radical (unpaired) electrons. The van der Waals surface area contributed by atoms with Crippen molar-refractivity contribution in [2.75, 3.05) is 25.5 Å². The summed E-state index contributed by atoms with van der Waals surface area (Å²) in [7, 11) is 1.27. The Bertz CT molecular complexity index is 1050. The highest BCUT2D eigenvalue weighted by Gasteiger charge is 2.30. The Balaban J connectivity index is 1.96. The van der Waals surface area contributed by atoms with Crippen molar-refractivity contribution in [3.8, 4) is 0 Å². The van der Waals surface area contributed by atoms with E-state index in [1.54, 1.807) is 29.2 Å². The first-order valence-electron chi connectivity index (χ1n) is 11.7. The van der Waals surface area contributed by atoms with E-state index in [2.05, 4.69) is 15.4 Å². The standard InChI is InChI=1S/C26H33N3O7/c1-4-13-29(14-5-2)25(34)19-7-6-8-20(15-19)28-24(33)22(31)21(30)23(32)27-16-17-9-11-18(12-10-17)26(35)36-3/h6-12,15,21-22,30-31H,4-5,13-14,16H2,1-3H3,(H,27,32)(H,28,33). The van der Waals surface area contributed by atoms with Crippen molar-refractivity contribution < 1.29 is 34.1 Å². The van der Waals surface area contributed by atoms with Gasteiger partial charge in [0.2, 0.25) is 0 Å². The molecule has 0 saturated heterocycles. The van der Waals surface area contributed by atoms with Crippen LogP contribution >= 0.6 is 0 Å². The number of aliphatic hydroxyl groups is 2. The van der Waals surface area contributed by atoms with E-state index < -0.39 is 30.0 Å². The molecular weight excluding hydrogens is 466 g/mol. The molecule has 2 atom stereocenters. The Hall–Kier alpha value is -3.76. The molecule has 2 rings (SSSR count). The minimum absolute atomic E-state index is 0.00185. The molecule has 0 bridgehead atoms. The van der Waals surface area contributed by atoms with E-state index in [0.29, 0.717) is 29.8 Å². The smallest absolute Gasteiger partial charge is 0.337 e. The fourth-order valence-electron chi connectivity index (χ4n) is 3.44. The highest BCUT2D eigenvalue weighted by molar-refractivity contribution is 6.00. The molecule has 0 heterocycles.